The Morgan fingerprint density at radius 2 is 1.86 bits per heavy atom. The lowest BCUT2D eigenvalue weighted by atomic mass is 9.88. The molecule has 0 aliphatic carbocycles. The smallest absolute Gasteiger partial charge is 0.321 e. The number of likely N-dealkylation sites (tertiary alicyclic amines) is 1. The molecule has 0 aromatic heterocycles. The highest BCUT2D eigenvalue weighted by molar-refractivity contribution is 5.94. The Morgan fingerprint density at radius 1 is 1.11 bits per heavy atom. The van der Waals surface area contributed by atoms with E-state index in [1.165, 1.54) is 18.2 Å². The van der Waals surface area contributed by atoms with E-state index in [0.29, 0.717) is 23.8 Å². The molecule has 1 aliphatic rings. The maximum absolute atomic E-state index is 12.8. The molecule has 6 nitrogen and oxygen atoms in total. The van der Waals surface area contributed by atoms with E-state index in [9.17, 15) is 9.59 Å². The largest absolute Gasteiger partial charge is 0.375 e. The molecular weight excluding hydrogens is 354 g/mol. The van der Waals surface area contributed by atoms with E-state index in [0.717, 1.165) is 19.4 Å². The lowest BCUT2D eigenvalue weighted by Gasteiger charge is -2.33. The number of anilines is 2. The van der Waals surface area contributed by atoms with Crippen molar-refractivity contribution in [2.75, 3.05) is 37.4 Å². The molecule has 2 N–H and O–H groups in total. The van der Waals surface area contributed by atoms with Gasteiger partial charge in [0.15, 0.2) is 0 Å². The molecule has 148 valence electrons. The number of hydrogen-bond donors (Lipinski definition) is 2. The van der Waals surface area contributed by atoms with E-state index in [-0.39, 0.29) is 18.5 Å². The molecule has 1 atom stereocenters. The minimum atomic E-state index is -0.233. The lowest BCUT2D eigenvalue weighted by molar-refractivity contribution is -0.119. The number of nitrogens with zero attached hydrogens (tertiary/aromatic N) is 1. The average Bonchev–Trinajstić information content (AvgIpc) is 2.69. The molecule has 0 radical (unpaired) electrons. The summed E-state index contributed by atoms with van der Waals surface area (Å²) in [6.45, 7) is 3.57. The number of carbonyl (C=O) groups is 2. The Balaban J connectivity index is 1.63. The van der Waals surface area contributed by atoms with Crippen LogP contribution in [0.1, 0.15) is 29.9 Å². The van der Waals surface area contributed by atoms with Crippen molar-refractivity contribution in [1.29, 1.82) is 0 Å². The van der Waals surface area contributed by atoms with Crippen LogP contribution in [0.5, 0.6) is 0 Å². The molecule has 0 saturated carbocycles. The van der Waals surface area contributed by atoms with Crippen LogP contribution in [-0.2, 0) is 9.53 Å². The van der Waals surface area contributed by atoms with Crippen LogP contribution >= 0.6 is 0 Å². The minimum absolute atomic E-state index is 0.00927. The summed E-state index contributed by atoms with van der Waals surface area (Å²) in [5.74, 6) is 0.128. The van der Waals surface area contributed by atoms with Crippen LogP contribution in [0.4, 0.5) is 16.2 Å². The number of amides is 3. The van der Waals surface area contributed by atoms with Gasteiger partial charge in [0, 0.05) is 37.5 Å². The van der Waals surface area contributed by atoms with Crippen molar-refractivity contribution in [2.24, 2.45) is 0 Å². The Bertz CT molecular complexity index is 837. The van der Waals surface area contributed by atoms with Crippen molar-refractivity contribution in [1.82, 2.24) is 4.90 Å². The van der Waals surface area contributed by atoms with Crippen LogP contribution in [0.25, 0.3) is 0 Å². The maximum atomic E-state index is 12.8. The third kappa shape index (κ3) is 5.10. The fraction of sp³-hybridized carbons (Fsp3) is 0.364. The van der Waals surface area contributed by atoms with Gasteiger partial charge in [0.25, 0.3) is 0 Å². The van der Waals surface area contributed by atoms with Crippen LogP contribution in [0, 0.1) is 6.92 Å². The van der Waals surface area contributed by atoms with Gasteiger partial charge in [-0.25, -0.2) is 4.79 Å². The number of nitrogens with one attached hydrogen (secondary N) is 2. The summed E-state index contributed by atoms with van der Waals surface area (Å²) in [6.07, 6.45) is 2.08. The number of rotatable bonds is 5. The van der Waals surface area contributed by atoms with Crippen LogP contribution in [0.3, 0.4) is 0 Å². The third-order valence-corrected chi connectivity index (χ3v) is 5.01. The average molecular weight is 381 g/mol. The summed E-state index contributed by atoms with van der Waals surface area (Å²) in [5, 5.41) is 5.69. The first kappa shape index (κ1) is 19.9. The first-order chi connectivity index (χ1) is 13.6. The molecule has 0 bridgehead atoms. The molecule has 3 rings (SSSR count). The number of carbonyl (C=O) groups excluding carboxylic acids is 2. The van der Waals surface area contributed by atoms with Crippen LogP contribution in [0.2, 0.25) is 0 Å². The van der Waals surface area contributed by atoms with E-state index in [1.54, 1.807) is 18.2 Å². The second-order valence-electron chi connectivity index (χ2n) is 7.13. The number of methoxy groups -OCH3 is 1. The topological polar surface area (TPSA) is 70.7 Å². The molecule has 2 aromatic rings. The van der Waals surface area contributed by atoms with Crippen molar-refractivity contribution in [3.8, 4) is 0 Å². The molecule has 1 saturated heterocycles. The first-order valence-electron chi connectivity index (χ1n) is 9.57. The van der Waals surface area contributed by atoms with Gasteiger partial charge in [0.2, 0.25) is 5.91 Å². The van der Waals surface area contributed by atoms with Crippen molar-refractivity contribution in [3.63, 3.8) is 0 Å². The first-order valence-corrected chi connectivity index (χ1v) is 9.57. The van der Waals surface area contributed by atoms with Crippen LogP contribution in [0.15, 0.2) is 48.5 Å². The minimum Gasteiger partial charge on any atom is -0.375 e. The Kier molecular flexibility index (Phi) is 6.66. The van der Waals surface area contributed by atoms with Gasteiger partial charge in [0.05, 0.1) is 0 Å². The number of aryl methyl sites for hydroxylation is 1. The number of hydrogen-bond acceptors (Lipinski definition) is 3. The normalized spacial score (nSPS) is 16.5. The van der Waals surface area contributed by atoms with Gasteiger partial charge in [-0.3, -0.25) is 4.79 Å². The monoisotopic (exact) mass is 381 g/mol. The standard InChI is InChI=1S/C22H27N3O3/c1-16-7-3-4-11-20(16)17-8-6-12-25(14-17)22(27)24-19-10-5-9-18(13-19)23-21(26)15-28-2/h3-5,7,9-11,13,17H,6,8,12,14-15H2,1-2H3,(H,23,26)(H,24,27)/t17-/m1/s1. The fourth-order valence-corrected chi connectivity index (χ4v) is 3.67. The summed E-state index contributed by atoms with van der Waals surface area (Å²) in [5.41, 5.74) is 3.87. The van der Waals surface area contributed by atoms with Gasteiger partial charge < -0.3 is 20.3 Å². The van der Waals surface area contributed by atoms with E-state index >= 15 is 0 Å². The van der Waals surface area contributed by atoms with Gasteiger partial charge in [-0.05, 0) is 49.1 Å². The molecule has 0 spiro atoms. The second kappa shape index (κ2) is 9.37. The van der Waals surface area contributed by atoms with Gasteiger partial charge in [-0.2, -0.15) is 0 Å². The summed E-state index contributed by atoms with van der Waals surface area (Å²) in [7, 11) is 1.47. The number of ether oxygens (including phenoxy) is 1. The predicted octanol–water partition coefficient (Wildman–Crippen LogP) is 3.99. The van der Waals surface area contributed by atoms with Crippen molar-refractivity contribution >= 4 is 23.3 Å². The quantitative estimate of drug-likeness (QED) is 0.823. The summed E-state index contributed by atoms with van der Waals surface area (Å²) < 4.78 is 4.82. The van der Waals surface area contributed by atoms with Gasteiger partial charge in [0.1, 0.15) is 6.61 Å². The molecule has 3 amide bonds. The van der Waals surface area contributed by atoms with Crippen LogP contribution in [-0.4, -0.2) is 43.6 Å². The molecule has 6 heteroatoms. The highest BCUT2D eigenvalue weighted by Gasteiger charge is 2.25. The van der Waals surface area contributed by atoms with Gasteiger partial charge >= 0.3 is 6.03 Å². The van der Waals surface area contributed by atoms with Crippen molar-refractivity contribution < 1.29 is 14.3 Å². The molecule has 1 fully saturated rings. The third-order valence-electron chi connectivity index (χ3n) is 5.01. The van der Waals surface area contributed by atoms with E-state index in [4.69, 9.17) is 4.74 Å². The molecule has 28 heavy (non-hydrogen) atoms. The van der Waals surface area contributed by atoms with Gasteiger partial charge in [-0.15, -0.1) is 0 Å². The zero-order chi connectivity index (χ0) is 19.9. The van der Waals surface area contributed by atoms with E-state index < -0.39 is 0 Å². The molecule has 1 heterocycles. The number of urea groups is 1. The van der Waals surface area contributed by atoms with E-state index in [2.05, 4.69) is 35.8 Å². The SMILES string of the molecule is COCC(=O)Nc1cccc(NC(=O)N2CCC[C@@H](c3ccccc3C)C2)c1. The maximum Gasteiger partial charge on any atom is 0.321 e. The number of benzene rings is 2. The molecule has 0 unspecified atom stereocenters. The summed E-state index contributed by atoms with van der Waals surface area (Å²) >= 11 is 0. The van der Waals surface area contributed by atoms with Crippen molar-refractivity contribution in [3.05, 3.63) is 59.7 Å². The molecular formula is C22H27N3O3. The summed E-state index contributed by atoms with van der Waals surface area (Å²) in [6, 6.07) is 15.4. The summed E-state index contributed by atoms with van der Waals surface area (Å²) in [4.78, 5) is 26.3. The highest BCUT2D eigenvalue weighted by atomic mass is 16.5. The van der Waals surface area contributed by atoms with Gasteiger partial charge in [-0.1, -0.05) is 30.3 Å². The Hall–Kier alpha value is -2.86. The fourth-order valence-electron chi connectivity index (χ4n) is 3.67. The number of piperidine rings is 1. The van der Waals surface area contributed by atoms with Crippen molar-refractivity contribution in [2.45, 2.75) is 25.7 Å². The highest BCUT2D eigenvalue weighted by Crippen LogP contribution is 2.29. The predicted molar refractivity (Wildman–Crippen MR) is 111 cm³/mol. The molecule has 2 aromatic carbocycles. The van der Waals surface area contributed by atoms with E-state index in [1.807, 2.05) is 17.0 Å². The Labute approximate surface area is 165 Å². The Morgan fingerprint density at radius 3 is 2.61 bits per heavy atom. The zero-order valence-corrected chi connectivity index (χ0v) is 16.4. The molecule has 1 aliphatic heterocycles. The second-order valence-corrected chi connectivity index (χ2v) is 7.13. The lowest BCUT2D eigenvalue weighted by Crippen LogP contribution is -2.41. The zero-order valence-electron chi connectivity index (χ0n) is 16.4. The van der Waals surface area contributed by atoms with Crippen LogP contribution < -0.4 is 10.6 Å².